The molecular weight excluding hydrogens is 445 g/mol. The number of hydrogen-bond donors (Lipinski definition) is 3. The van der Waals surface area contributed by atoms with Crippen molar-refractivity contribution in [3.05, 3.63) is 30.6 Å². The van der Waals surface area contributed by atoms with Crippen LogP contribution in [0.1, 0.15) is 13.8 Å². The summed E-state index contributed by atoms with van der Waals surface area (Å²) in [6.45, 7) is 2.96. The van der Waals surface area contributed by atoms with Crippen LogP contribution >= 0.6 is 0 Å². The Labute approximate surface area is 184 Å². The SMILES string of the molecule is Cn1nc(-c2cnc3[nH]cc(OC(=O)NC(C)(C)CO)c3n2)c2ccc(OC(F)(F)F)cc21. The molecule has 0 saturated heterocycles. The van der Waals surface area contributed by atoms with E-state index in [1.54, 1.807) is 20.9 Å². The van der Waals surface area contributed by atoms with Crippen LogP contribution in [0.25, 0.3) is 33.5 Å². The Morgan fingerprint density at radius 3 is 2.76 bits per heavy atom. The van der Waals surface area contributed by atoms with Crippen LogP contribution in [0, 0.1) is 0 Å². The Kier molecular flexibility index (Phi) is 5.36. The number of aromatic amines is 1. The summed E-state index contributed by atoms with van der Waals surface area (Å²) in [7, 11) is 1.58. The number of hydrogen-bond acceptors (Lipinski definition) is 7. The molecule has 4 rings (SSSR count). The normalized spacial score (nSPS) is 12.3. The van der Waals surface area contributed by atoms with Gasteiger partial charge in [-0.05, 0) is 26.0 Å². The van der Waals surface area contributed by atoms with E-state index in [2.05, 4.69) is 30.1 Å². The lowest BCUT2D eigenvalue weighted by molar-refractivity contribution is -0.274. The Hall–Kier alpha value is -3.87. The number of aliphatic hydroxyl groups excluding tert-OH is 1. The maximum Gasteiger partial charge on any atom is 0.573 e. The average molecular weight is 464 g/mol. The van der Waals surface area contributed by atoms with Gasteiger partial charge in [0.05, 0.1) is 23.9 Å². The standard InChI is InChI=1S/C20H19F3N6O4/c1-19(2,9-30)27-18(31)32-14-8-25-17-16(14)26-12(7-24-17)15-11-5-4-10(33-20(21,22)23)6-13(11)29(3)28-15/h4-8,30H,9H2,1-3H3,(H,24,25)(H,27,31). The molecule has 0 bridgehead atoms. The smallest absolute Gasteiger partial charge is 0.406 e. The van der Waals surface area contributed by atoms with E-state index in [4.69, 9.17) is 4.74 Å². The summed E-state index contributed by atoms with van der Waals surface area (Å²) in [5.74, 6) is -0.268. The first-order valence-electron chi connectivity index (χ1n) is 9.63. The second-order valence-electron chi connectivity index (χ2n) is 7.86. The summed E-state index contributed by atoms with van der Waals surface area (Å²) in [5, 5.41) is 16.7. The van der Waals surface area contributed by atoms with E-state index in [0.29, 0.717) is 27.9 Å². The monoisotopic (exact) mass is 464 g/mol. The number of aromatic nitrogens is 5. The van der Waals surface area contributed by atoms with Crippen LogP contribution in [0.4, 0.5) is 18.0 Å². The summed E-state index contributed by atoms with van der Waals surface area (Å²) < 4.78 is 48.3. The van der Waals surface area contributed by atoms with Gasteiger partial charge in [-0.2, -0.15) is 5.10 Å². The third-order valence-electron chi connectivity index (χ3n) is 4.68. The van der Waals surface area contributed by atoms with Crippen molar-refractivity contribution in [3.63, 3.8) is 0 Å². The van der Waals surface area contributed by atoms with Crippen LogP contribution in [0.5, 0.6) is 11.5 Å². The highest BCUT2D eigenvalue weighted by Crippen LogP contribution is 2.32. The average Bonchev–Trinajstić information content (AvgIpc) is 3.27. The summed E-state index contributed by atoms with van der Waals surface area (Å²) in [4.78, 5) is 23.8. The minimum Gasteiger partial charge on any atom is -0.406 e. The number of aryl methyl sites for hydroxylation is 1. The first-order valence-corrected chi connectivity index (χ1v) is 9.63. The van der Waals surface area contributed by atoms with Gasteiger partial charge in [-0.3, -0.25) is 4.68 Å². The number of carbonyl (C=O) groups excluding carboxylic acids is 1. The molecule has 0 aliphatic carbocycles. The molecule has 0 fully saturated rings. The molecule has 0 radical (unpaired) electrons. The van der Waals surface area contributed by atoms with Crippen molar-refractivity contribution in [1.29, 1.82) is 0 Å². The maximum atomic E-state index is 12.6. The number of rotatable bonds is 5. The minimum absolute atomic E-state index is 0.103. The molecule has 1 amide bonds. The molecule has 1 aromatic carbocycles. The fourth-order valence-corrected chi connectivity index (χ4v) is 3.13. The lowest BCUT2D eigenvalue weighted by Crippen LogP contribution is -2.47. The number of alkyl halides is 3. The molecule has 0 atom stereocenters. The molecule has 0 unspecified atom stereocenters. The first-order chi connectivity index (χ1) is 15.5. The summed E-state index contributed by atoms with van der Waals surface area (Å²) in [5.41, 5.74) is 0.799. The quantitative estimate of drug-likeness (QED) is 0.414. The van der Waals surface area contributed by atoms with Gasteiger partial charge in [0.1, 0.15) is 17.1 Å². The van der Waals surface area contributed by atoms with Crippen molar-refractivity contribution in [1.82, 2.24) is 30.0 Å². The molecule has 0 spiro atoms. The van der Waals surface area contributed by atoms with E-state index in [-0.39, 0.29) is 23.6 Å². The van der Waals surface area contributed by atoms with Crippen LogP contribution in [0.15, 0.2) is 30.6 Å². The molecule has 13 heteroatoms. The Morgan fingerprint density at radius 1 is 1.30 bits per heavy atom. The molecular formula is C20H19F3N6O4. The van der Waals surface area contributed by atoms with E-state index in [1.807, 2.05) is 0 Å². The van der Waals surface area contributed by atoms with E-state index in [9.17, 15) is 23.1 Å². The van der Waals surface area contributed by atoms with Crippen molar-refractivity contribution in [2.45, 2.75) is 25.7 Å². The minimum atomic E-state index is -4.81. The largest absolute Gasteiger partial charge is 0.573 e. The predicted octanol–water partition coefficient (Wildman–Crippen LogP) is 3.27. The number of nitrogens with zero attached hydrogens (tertiary/aromatic N) is 4. The second kappa shape index (κ2) is 7.92. The van der Waals surface area contributed by atoms with Crippen LogP contribution in [0.2, 0.25) is 0 Å². The van der Waals surface area contributed by atoms with E-state index in [0.717, 1.165) is 0 Å². The number of benzene rings is 1. The topological polar surface area (TPSA) is 127 Å². The number of amides is 1. The Balaban J connectivity index is 1.69. The van der Waals surface area contributed by atoms with Crippen LogP contribution in [-0.4, -0.2) is 54.4 Å². The number of carbonyl (C=O) groups is 1. The summed E-state index contributed by atoms with van der Waals surface area (Å²) in [6.07, 6.45) is -2.74. The van der Waals surface area contributed by atoms with E-state index < -0.39 is 18.0 Å². The predicted molar refractivity (Wildman–Crippen MR) is 111 cm³/mol. The molecule has 0 saturated carbocycles. The summed E-state index contributed by atoms with van der Waals surface area (Å²) >= 11 is 0. The maximum absolute atomic E-state index is 12.6. The van der Waals surface area contributed by atoms with E-state index >= 15 is 0 Å². The van der Waals surface area contributed by atoms with Crippen molar-refractivity contribution < 1.29 is 32.5 Å². The molecule has 3 N–H and O–H groups in total. The third-order valence-corrected chi connectivity index (χ3v) is 4.68. The Morgan fingerprint density at radius 2 is 2.06 bits per heavy atom. The number of ether oxygens (including phenoxy) is 2. The van der Waals surface area contributed by atoms with Gasteiger partial charge in [-0.25, -0.2) is 14.8 Å². The molecule has 4 aromatic rings. The van der Waals surface area contributed by atoms with Crippen molar-refractivity contribution in [3.8, 4) is 22.9 Å². The number of nitrogens with one attached hydrogen (secondary N) is 2. The molecule has 3 aromatic heterocycles. The zero-order valence-electron chi connectivity index (χ0n) is 17.7. The van der Waals surface area contributed by atoms with Gasteiger partial charge in [0.2, 0.25) is 0 Å². The van der Waals surface area contributed by atoms with Gasteiger partial charge in [-0.15, -0.1) is 13.2 Å². The van der Waals surface area contributed by atoms with Crippen LogP contribution < -0.4 is 14.8 Å². The number of H-pyrrole nitrogens is 1. The molecule has 174 valence electrons. The fraction of sp³-hybridized carbons (Fsp3) is 0.300. The Bertz CT molecular complexity index is 1350. The highest BCUT2D eigenvalue weighted by molar-refractivity contribution is 5.94. The van der Waals surface area contributed by atoms with Crippen molar-refractivity contribution in [2.75, 3.05) is 6.61 Å². The second-order valence-corrected chi connectivity index (χ2v) is 7.86. The molecule has 0 aliphatic heterocycles. The lowest BCUT2D eigenvalue weighted by atomic mass is 10.1. The van der Waals surface area contributed by atoms with Gasteiger partial charge >= 0.3 is 12.5 Å². The number of aliphatic hydroxyl groups is 1. The van der Waals surface area contributed by atoms with Crippen LogP contribution in [-0.2, 0) is 7.05 Å². The molecule has 3 heterocycles. The zero-order valence-corrected chi connectivity index (χ0v) is 17.7. The number of fused-ring (bicyclic) bond motifs is 2. The fourth-order valence-electron chi connectivity index (χ4n) is 3.13. The van der Waals surface area contributed by atoms with Gasteiger partial charge in [-0.1, -0.05) is 0 Å². The van der Waals surface area contributed by atoms with Crippen molar-refractivity contribution >= 4 is 28.2 Å². The highest BCUT2D eigenvalue weighted by Gasteiger charge is 2.31. The van der Waals surface area contributed by atoms with E-state index in [1.165, 1.54) is 35.3 Å². The zero-order chi connectivity index (χ0) is 24.0. The van der Waals surface area contributed by atoms with Gasteiger partial charge < -0.3 is 24.9 Å². The number of halogens is 3. The molecule has 0 aliphatic rings. The summed E-state index contributed by atoms with van der Waals surface area (Å²) in [6, 6.07) is 3.86. The highest BCUT2D eigenvalue weighted by atomic mass is 19.4. The van der Waals surface area contributed by atoms with Crippen molar-refractivity contribution in [2.24, 2.45) is 7.05 Å². The first kappa shape index (κ1) is 22.3. The van der Waals surface area contributed by atoms with Gasteiger partial charge in [0.15, 0.2) is 16.9 Å². The van der Waals surface area contributed by atoms with Crippen LogP contribution in [0.3, 0.4) is 0 Å². The third kappa shape index (κ3) is 4.67. The van der Waals surface area contributed by atoms with Gasteiger partial charge in [0, 0.05) is 24.7 Å². The van der Waals surface area contributed by atoms with Gasteiger partial charge in [0.25, 0.3) is 0 Å². The lowest BCUT2D eigenvalue weighted by Gasteiger charge is -2.22. The molecule has 10 nitrogen and oxygen atoms in total. The molecule has 33 heavy (non-hydrogen) atoms.